The summed E-state index contributed by atoms with van der Waals surface area (Å²) in [6.07, 6.45) is 5.25. The summed E-state index contributed by atoms with van der Waals surface area (Å²) in [4.78, 5) is 1.36. The van der Waals surface area contributed by atoms with Crippen molar-refractivity contribution in [3.63, 3.8) is 0 Å². The molecular weight excluding hydrogens is 242 g/mol. The van der Waals surface area contributed by atoms with Gasteiger partial charge in [0.25, 0.3) is 0 Å². The molecule has 0 radical (unpaired) electrons. The van der Waals surface area contributed by atoms with Gasteiger partial charge < -0.3 is 10.4 Å². The Morgan fingerprint density at radius 1 is 1.22 bits per heavy atom. The maximum Gasteiger partial charge on any atom is 0.115 e. The van der Waals surface area contributed by atoms with Gasteiger partial charge in [-0.15, -0.1) is 11.3 Å². The van der Waals surface area contributed by atoms with Crippen molar-refractivity contribution in [2.45, 2.75) is 18.4 Å². The van der Waals surface area contributed by atoms with Crippen LogP contribution in [0, 0.1) is 0 Å². The highest BCUT2D eigenvalue weighted by Gasteiger charge is 2.26. The van der Waals surface area contributed by atoms with Gasteiger partial charge in [-0.25, -0.2) is 0 Å². The molecule has 2 aromatic rings. The zero-order chi connectivity index (χ0) is 12.4. The van der Waals surface area contributed by atoms with Crippen LogP contribution in [-0.4, -0.2) is 11.1 Å². The Balaban J connectivity index is 1.96. The lowest BCUT2D eigenvalue weighted by Gasteiger charge is -2.23. The first-order valence-electron chi connectivity index (χ1n) is 6.08. The van der Waals surface area contributed by atoms with E-state index in [9.17, 15) is 5.11 Å². The first kappa shape index (κ1) is 11.4. The van der Waals surface area contributed by atoms with Crippen molar-refractivity contribution in [3.05, 3.63) is 64.5 Å². The van der Waals surface area contributed by atoms with Gasteiger partial charge in [0.15, 0.2) is 0 Å². The number of aromatic hydroxyl groups is 1. The van der Waals surface area contributed by atoms with Gasteiger partial charge in [-0.2, -0.15) is 0 Å². The Morgan fingerprint density at radius 3 is 2.67 bits per heavy atom. The van der Waals surface area contributed by atoms with Crippen LogP contribution in [0.3, 0.4) is 0 Å². The zero-order valence-electron chi connectivity index (χ0n) is 9.91. The number of rotatable bonds is 3. The molecule has 1 aliphatic rings. The van der Waals surface area contributed by atoms with Gasteiger partial charge in [-0.05, 0) is 41.8 Å². The van der Waals surface area contributed by atoms with Crippen molar-refractivity contribution in [2.75, 3.05) is 0 Å². The van der Waals surface area contributed by atoms with E-state index in [4.69, 9.17) is 0 Å². The van der Waals surface area contributed by atoms with Crippen LogP contribution in [0.25, 0.3) is 0 Å². The molecule has 0 aliphatic carbocycles. The molecule has 2 heterocycles. The lowest BCUT2D eigenvalue weighted by molar-refractivity contribution is 0.474. The summed E-state index contributed by atoms with van der Waals surface area (Å²) in [5, 5.41) is 14.9. The molecule has 0 spiro atoms. The highest BCUT2D eigenvalue weighted by molar-refractivity contribution is 7.10. The first-order valence-corrected chi connectivity index (χ1v) is 6.96. The second kappa shape index (κ2) is 4.86. The van der Waals surface area contributed by atoms with Crippen LogP contribution in [-0.2, 0) is 0 Å². The van der Waals surface area contributed by atoms with E-state index >= 15 is 0 Å². The summed E-state index contributed by atoms with van der Waals surface area (Å²) in [5.74, 6) is 0.668. The SMILES string of the molecule is Oc1ccc(C(c2cccs2)C2CC=CN2)cc1. The predicted molar refractivity (Wildman–Crippen MR) is 74.9 cm³/mol. The minimum absolute atomic E-state index is 0.321. The number of nitrogens with one attached hydrogen (secondary N) is 1. The van der Waals surface area contributed by atoms with Crippen molar-refractivity contribution >= 4 is 11.3 Å². The second-order valence-electron chi connectivity index (χ2n) is 4.50. The highest BCUT2D eigenvalue weighted by Crippen LogP contribution is 2.34. The van der Waals surface area contributed by atoms with E-state index in [0.717, 1.165) is 6.42 Å². The molecule has 0 bridgehead atoms. The van der Waals surface area contributed by atoms with E-state index in [1.165, 1.54) is 10.4 Å². The van der Waals surface area contributed by atoms with Crippen LogP contribution in [0.4, 0.5) is 0 Å². The molecule has 1 aliphatic heterocycles. The van der Waals surface area contributed by atoms with Crippen LogP contribution in [0.1, 0.15) is 22.8 Å². The Bertz CT molecular complexity index is 522. The van der Waals surface area contributed by atoms with Gasteiger partial charge in [0.05, 0.1) is 0 Å². The monoisotopic (exact) mass is 257 g/mol. The molecule has 2 nitrogen and oxygen atoms in total. The third-order valence-corrected chi connectivity index (χ3v) is 4.28. The topological polar surface area (TPSA) is 32.3 Å². The largest absolute Gasteiger partial charge is 0.508 e. The summed E-state index contributed by atoms with van der Waals surface area (Å²) >= 11 is 1.79. The van der Waals surface area contributed by atoms with Crippen molar-refractivity contribution in [2.24, 2.45) is 0 Å². The summed E-state index contributed by atoms with van der Waals surface area (Å²) in [6.45, 7) is 0. The third kappa shape index (κ3) is 2.14. The average molecular weight is 257 g/mol. The molecule has 1 aromatic carbocycles. The molecule has 0 saturated carbocycles. The molecule has 18 heavy (non-hydrogen) atoms. The van der Waals surface area contributed by atoms with E-state index in [1.54, 1.807) is 23.5 Å². The number of phenols is 1. The van der Waals surface area contributed by atoms with Crippen LogP contribution in [0.2, 0.25) is 0 Å². The Hall–Kier alpha value is -1.74. The van der Waals surface area contributed by atoms with Crippen LogP contribution >= 0.6 is 11.3 Å². The summed E-state index contributed by atoms with van der Waals surface area (Å²) in [7, 11) is 0. The number of hydrogen-bond acceptors (Lipinski definition) is 3. The molecule has 2 atom stereocenters. The van der Waals surface area contributed by atoms with Gasteiger partial charge in [-0.3, -0.25) is 0 Å². The minimum atomic E-state index is 0.321. The smallest absolute Gasteiger partial charge is 0.115 e. The molecule has 0 saturated heterocycles. The molecule has 1 aromatic heterocycles. The van der Waals surface area contributed by atoms with Crippen LogP contribution in [0.5, 0.6) is 5.75 Å². The maximum atomic E-state index is 9.41. The molecule has 3 rings (SSSR count). The quantitative estimate of drug-likeness (QED) is 0.882. The minimum Gasteiger partial charge on any atom is -0.508 e. The molecule has 92 valence electrons. The second-order valence-corrected chi connectivity index (χ2v) is 5.48. The normalized spacial score (nSPS) is 19.7. The van der Waals surface area contributed by atoms with Crippen molar-refractivity contribution < 1.29 is 5.11 Å². The van der Waals surface area contributed by atoms with Crippen LogP contribution in [0.15, 0.2) is 54.1 Å². The third-order valence-electron chi connectivity index (χ3n) is 3.32. The summed E-state index contributed by atoms with van der Waals surface area (Å²) in [5.41, 5.74) is 1.25. The summed E-state index contributed by atoms with van der Waals surface area (Å²) < 4.78 is 0. The van der Waals surface area contributed by atoms with E-state index in [-0.39, 0.29) is 0 Å². The molecule has 2 unspecified atom stereocenters. The van der Waals surface area contributed by atoms with Crippen molar-refractivity contribution in [3.8, 4) is 5.75 Å². The lowest BCUT2D eigenvalue weighted by atomic mass is 9.89. The fourth-order valence-electron chi connectivity index (χ4n) is 2.45. The summed E-state index contributed by atoms with van der Waals surface area (Å²) in [6, 6.07) is 12.2. The lowest BCUT2D eigenvalue weighted by Crippen LogP contribution is -2.27. The van der Waals surface area contributed by atoms with E-state index < -0.39 is 0 Å². The molecule has 2 N–H and O–H groups in total. The molecule has 3 heteroatoms. The Labute approximate surface area is 111 Å². The van der Waals surface area contributed by atoms with E-state index in [2.05, 4.69) is 28.9 Å². The molecule has 0 amide bonds. The molecular formula is C15H15NOS. The van der Waals surface area contributed by atoms with E-state index in [1.807, 2.05) is 18.3 Å². The zero-order valence-corrected chi connectivity index (χ0v) is 10.7. The van der Waals surface area contributed by atoms with Gasteiger partial charge >= 0.3 is 0 Å². The standard InChI is InChI=1S/C15H15NOS/c17-12-7-5-11(6-8-12)15(13-3-1-9-16-13)14-4-2-10-18-14/h1-2,4-10,13,15-17H,3H2. The predicted octanol–water partition coefficient (Wildman–Crippen LogP) is 3.46. The van der Waals surface area contributed by atoms with E-state index in [0.29, 0.717) is 17.7 Å². The van der Waals surface area contributed by atoms with Crippen molar-refractivity contribution in [1.29, 1.82) is 0 Å². The number of phenolic OH excluding ortho intramolecular Hbond substituents is 1. The number of benzene rings is 1. The van der Waals surface area contributed by atoms with Gasteiger partial charge in [0.2, 0.25) is 0 Å². The number of thiophene rings is 1. The first-order chi connectivity index (χ1) is 8.84. The fraction of sp³-hybridized carbons (Fsp3) is 0.200. The van der Waals surface area contributed by atoms with Crippen molar-refractivity contribution in [1.82, 2.24) is 5.32 Å². The average Bonchev–Trinajstić information content (AvgIpc) is 3.06. The van der Waals surface area contributed by atoms with Gasteiger partial charge in [0, 0.05) is 16.8 Å². The van der Waals surface area contributed by atoms with Gasteiger partial charge in [-0.1, -0.05) is 24.3 Å². The highest BCUT2D eigenvalue weighted by atomic mass is 32.1. The fourth-order valence-corrected chi connectivity index (χ4v) is 3.37. The number of hydrogen-bond donors (Lipinski definition) is 2. The van der Waals surface area contributed by atoms with Gasteiger partial charge in [0.1, 0.15) is 5.75 Å². The maximum absolute atomic E-state index is 9.41. The Morgan fingerprint density at radius 2 is 2.06 bits per heavy atom. The van der Waals surface area contributed by atoms with Crippen LogP contribution < -0.4 is 5.32 Å². The Kier molecular flexibility index (Phi) is 3.07. The molecule has 0 fully saturated rings.